The molecule has 0 unspecified atom stereocenters. The molecule has 0 amide bonds. The molecule has 404 valence electrons. The van der Waals surface area contributed by atoms with Crippen LogP contribution in [0.25, 0.3) is 0 Å². The van der Waals surface area contributed by atoms with E-state index in [1.807, 2.05) is 0 Å². The first-order chi connectivity index (χ1) is 35.0. The Hall–Kier alpha value is -6.45. The molecule has 0 aliphatic carbocycles. The van der Waals surface area contributed by atoms with E-state index in [1.54, 1.807) is 0 Å². The van der Waals surface area contributed by atoms with Crippen molar-refractivity contribution in [2.75, 3.05) is 0 Å². The van der Waals surface area contributed by atoms with Gasteiger partial charge in [-0.25, -0.2) is 87.8 Å². The molecule has 7 rings (SSSR count). The molecule has 0 N–H and O–H groups in total. The fraction of sp³-hybridized carbons (Fsp3) is 0.222. The van der Waals surface area contributed by atoms with E-state index in [2.05, 4.69) is 135 Å². The molecule has 0 saturated heterocycles. The van der Waals surface area contributed by atoms with E-state index in [9.17, 15) is 52.7 Å². The first-order valence-electron chi connectivity index (χ1n) is 22.3. The van der Waals surface area contributed by atoms with Crippen LogP contribution in [0.1, 0.15) is 79.0 Å². The van der Waals surface area contributed by atoms with Crippen LogP contribution in [0.5, 0.6) is 0 Å². The minimum absolute atomic E-state index is 0.120. The van der Waals surface area contributed by atoms with Crippen molar-refractivity contribution in [1.29, 1.82) is 0 Å². The normalized spacial score (nSPS) is 12.4. The maximum atomic E-state index is 15.4. The quantitative estimate of drug-likeness (QED) is 0.0491. The monoisotopic (exact) mass is 1110 g/mol. The van der Waals surface area contributed by atoms with Crippen LogP contribution in [0.2, 0.25) is 0 Å². The maximum Gasteiger partial charge on any atom is 0.200 e. The van der Waals surface area contributed by atoms with Crippen LogP contribution in [-0.4, -0.2) is 6.15 Å². The molecule has 0 spiro atoms. The fourth-order valence-corrected chi connectivity index (χ4v) is 10.6. The summed E-state index contributed by atoms with van der Waals surface area (Å²) in [5.74, 6) is -71.4. The summed E-state index contributed by atoms with van der Waals surface area (Å²) >= 11 is 0. The molecule has 76 heavy (non-hydrogen) atoms. The predicted molar refractivity (Wildman–Crippen MR) is 247 cm³/mol. The van der Waals surface area contributed by atoms with Gasteiger partial charge < -0.3 is 0 Å². The summed E-state index contributed by atoms with van der Waals surface area (Å²) in [6.45, 7) is 20.5. The van der Waals surface area contributed by atoms with Crippen LogP contribution in [-0.2, 0) is 27.1 Å². The molecule has 0 fully saturated rings. The number of halogens is 20. The lowest BCUT2D eigenvalue weighted by molar-refractivity contribution is 0.378. The van der Waals surface area contributed by atoms with Crippen LogP contribution >= 0.6 is 0 Å². The minimum Gasteiger partial charge on any atom is -0.207 e. The molecule has 0 bridgehead atoms. The van der Waals surface area contributed by atoms with Gasteiger partial charge in [-0.2, -0.15) is 0 Å². The number of hydrogen-bond donors (Lipinski definition) is 0. The first kappa shape index (κ1) is 58.8. The van der Waals surface area contributed by atoms with Crippen molar-refractivity contribution in [1.82, 2.24) is 0 Å². The molecule has 0 radical (unpaired) electrons. The van der Waals surface area contributed by atoms with Crippen LogP contribution in [0.15, 0.2) is 87.5 Å². The van der Waals surface area contributed by atoms with Gasteiger partial charge in [0.1, 0.15) is 52.7 Å². The molecule has 7 aromatic rings. The lowest BCUT2D eigenvalue weighted by atomic mass is 9.12. The second kappa shape index (κ2) is 20.8. The summed E-state index contributed by atoms with van der Waals surface area (Å²) in [4.78, 5) is 4.13. The second-order valence-electron chi connectivity index (χ2n) is 20.4. The van der Waals surface area contributed by atoms with Crippen molar-refractivity contribution in [2.45, 2.75) is 93.2 Å². The molecule has 0 aliphatic rings. The molecule has 0 saturated carbocycles. The van der Waals surface area contributed by atoms with E-state index in [4.69, 9.17) is 0 Å². The number of hydrogen-bond acceptors (Lipinski definition) is 0. The summed E-state index contributed by atoms with van der Waals surface area (Å²) in [6, 6.07) is 27.8. The molecule has 0 aromatic heterocycles. The van der Waals surface area contributed by atoms with Gasteiger partial charge in [0.2, 0.25) is 0 Å². The van der Waals surface area contributed by atoms with Gasteiger partial charge in [0.05, 0.1) is 10.9 Å². The highest BCUT2D eigenvalue weighted by atomic mass is 32.2. The van der Waals surface area contributed by atoms with Gasteiger partial charge in [0, 0.05) is 0 Å². The van der Waals surface area contributed by atoms with Gasteiger partial charge >= 0.3 is 0 Å². The Balaban J connectivity index is 0.000000264. The Labute approximate surface area is 424 Å². The average molecular weight is 1110 g/mol. The molecular formula is C54H39BF20S. The highest BCUT2D eigenvalue weighted by molar-refractivity contribution is 7.97. The van der Waals surface area contributed by atoms with Gasteiger partial charge in [0.25, 0.3) is 0 Å². The summed E-state index contributed by atoms with van der Waals surface area (Å²) in [5, 5.41) is 0. The van der Waals surface area contributed by atoms with Gasteiger partial charge in [-0.3, -0.25) is 0 Å². The summed E-state index contributed by atoms with van der Waals surface area (Å²) in [6.07, 6.45) is -7.22. The van der Waals surface area contributed by atoms with Crippen molar-refractivity contribution in [3.05, 3.63) is 206 Å². The van der Waals surface area contributed by atoms with Crippen molar-refractivity contribution >= 4 is 38.9 Å². The van der Waals surface area contributed by atoms with E-state index in [1.165, 1.54) is 31.4 Å². The lowest BCUT2D eigenvalue weighted by Crippen LogP contribution is -2.81. The predicted octanol–water partition coefficient (Wildman–Crippen LogP) is 14.5. The average Bonchev–Trinajstić information content (AvgIpc) is 3.36. The highest BCUT2D eigenvalue weighted by Crippen LogP contribution is 2.37. The highest BCUT2D eigenvalue weighted by Gasteiger charge is 2.52. The molecular weight excluding hydrogens is 1070 g/mol. The molecule has 7 aromatic carbocycles. The summed E-state index contributed by atoms with van der Waals surface area (Å²) < 4.78 is 294. The second-order valence-corrected chi connectivity index (χ2v) is 22.5. The largest absolute Gasteiger partial charge is 0.207 e. The zero-order valence-electron chi connectivity index (χ0n) is 41.0. The van der Waals surface area contributed by atoms with Gasteiger partial charge in [-0.1, -0.05) is 98.7 Å². The van der Waals surface area contributed by atoms with Gasteiger partial charge in [-0.15, -0.1) is 21.9 Å². The standard InChI is InChI=1S/C30H39S.C24BF20/c1-28(2,3)22-10-16-25(17-11-22)31(26-18-12-23(13-19-26)29(4,5)6)27-20-14-24(15-21-27)30(7,8)9;26-5-1(6(27)14(35)21(42)13(5)34)25(2-7(28)15(36)22(43)16(37)8(2)29,3-9(30)17(38)23(44)18(39)10(3)31)4-11(32)19(40)24(45)20(41)12(4)33/h10-21H,1-9H3;/q+1;-1. The Morgan fingerprint density at radius 3 is 0.487 bits per heavy atom. The smallest absolute Gasteiger partial charge is 0.200 e. The Morgan fingerprint density at radius 1 is 0.224 bits per heavy atom. The van der Waals surface area contributed by atoms with Crippen LogP contribution in [0.4, 0.5) is 87.8 Å². The van der Waals surface area contributed by atoms with Crippen LogP contribution in [0, 0.1) is 116 Å². The third-order valence-electron chi connectivity index (χ3n) is 12.6. The zero-order chi connectivity index (χ0) is 57.4. The fourth-order valence-electron chi connectivity index (χ4n) is 8.56. The zero-order valence-corrected chi connectivity index (χ0v) is 41.8. The minimum atomic E-state index is -7.22. The van der Waals surface area contributed by atoms with Gasteiger partial charge in [0.15, 0.2) is 84.5 Å². The maximum absolute atomic E-state index is 15.4. The molecule has 0 aliphatic heterocycles. The van der Waals surface area contributed by atoms with E-state index in [0.717, 1.165) is 0 Å². The Bertz CT molecular complexity index is 2880. The van der Waals surface area contributed by atoms with E-state index in [0.29, 0.717) is 0 Å². The summed E-state index contributed by atoms with van der Waals surface area (Å²) in [5.41, 5.74) is -9.69. The lowest BCUT2D eigenvalue weighted by Gasteiger charge is -2.44. The Kier molecular flexibility index (Phi) is 16.1. The van der Waals surface area contributed by atoms with Gasteiger partial charge in [-0.05, 0) is 69.3 Å². The molecule has 0 nitrogen and oxygen atoms in total. The third kappa shape index (κ3) is 9.93. The van der Waals surface area contributed by atoms with Crippen molar-refractivity contribution in [3.8, 4) is 0 Å². The van der Waals surface area contributed by atoms with E-state index < -0.39 is 144 Å². The van der Waals surface area contributed by atoms with Crippen LogP contribution in [0.3, 0.4) is 0 Å². The molecule has 22 heteroatoms. The number of rotatable bonds is 7. The first-order valence-corrected chi connectivity index (χ1v) is 23.5. The summed E-state index contributed by atoms with van der Waals surface area (Å²) in [7, 11) is -0.120. The van der Waals surface area contributed by atoms with Crippen molar-refractivity contribution in [3.63, 3.8) is 0 Å². The van der Waals surface area contributed by atoms with E-state index in [-0.39, 0.29) is 27.1 Å². The molecule has 0 atom stereocenters. The van der Waals surface area contributed by atoms with E-state index >= 15 is 35.1 Å². The number of benzene rings is 7. The van der Waals surface area contributed by atoms with Crippen molar-refractivity contribution in [2.24, 2.45) is 0 Å². The molecule has 0 heterocycles. The topological polar surface area (TPSA) is 0 Å². The van der Waals surface area contributed by atoms with Crippen molar-refractivity contribution < 1.29 is 87.8 Å². The SMILES string of the molecule is CC(C)(C)c1ccc([S+](c2ccc(C(C)(C)C)cc2)c2ccc(C(C)(C)C)cc2)cc1.Fc1c(F)c(F)c([B-](c2c(F)c(F)c(F)c(F)c2F)(c2c(F)c(F)c(F)c(F)c2F)c2c(F)c(F)c(F)c(F)c2F)c(F)c1F. The van der Waals surface area contributed by atoms with Crippen LogP contribution < -0.4 is 21.9 Å². The Morgan fingerprint density at radius 2 is 0.355 bits per heavy atom. The third-order valence-corrected chi connectivity index (χ3v) is 14.8.